The number of hydrogen-bond donors (Lipinski definition) is 1. The van der Waals surface area contributed by atoms with Gasteiger partial charge in [0, 0.05) is 17.7 Å². The Hall–Kier alpha value is -2.97. The lowest BCUT2D eigenvalue weighted by atomic mass is 10.1. The summed E-state index contributed by atoms with van der Waals surface area (Å²) in [6, 6.07) is 7.21. The van der Waals surface area contributed by atoms with Gasteiger partial charge in [-0.1, -0.05) is 32.6 Å². The third kappa shape index (κ3) is 4.77. The van der Waals surface area contributed by atoms with Crippen LogP contribution in [0.15, 0.2) is 43.1 Å². The predicted molar refractivity (Wildman–Crippen MR) is 119 cm³/mol. The Morgan fingerprint density at radius 1 is 1.33 bits per heavy atom. The molecule has 7 nitrogen and oxygen atoms in total. The van der Waals surface area contributed by atoms with E-state index in [0.29, 0.717) is 28.4 Å². The van der Waals surface area contributed by atoms with Crippen LogP contribution in [-0.2, 0) is 4.74 Å². The number of nitrogens with one attached hydrogen (secondary N) is 1. The molecule has 0 fully saturated rings. The highest BCUT2D eigenvalue weighted by molar-refractivity contribution is 7.15. The molecule has 1 amide bonds. The summed E-state index contributed by atoms with van der Waals surface area (Å²) in [4.78, 5) is 26.0. The van der Waals surface area contributed by atoms with Crippen LogP contribution in [0, 0.1) is 0 Å². The molecule has 0 atom stereocenters. The molecule has 0 bridgehead atoms. The zero-order chi connectivity index (χ0) is 21.7. The van der Waals surface area contributed by atoms with Crippen LogP contribution in [0.25, 0.3) is 21.8 Å². The van der Waals surface area contributed by atoms with E-state index in [-0.39, 0.29) is 17.8 Å². The maximum Gasteiger partial charge on any atom is 0.412 e. The minimum atomic E-state index is -0.602. The van der Waals surface area contributed by atoms with Crippen LogP contribution in [-0.4, -0.2) is 34.8 Å². The van der Waals surface area contributed by atoms with Crippen molar-refractivity contribution in [3.8, 4) is 27.6 Å². The summed E-state index contributed by atoms with van der Waals surface area (Å²) in [5.41, 5.74) is 2.54. The van der Waals surface area contributed by atoms with Gasteiger partial charge in [0.15, 0.2) is 5.75 Å². The number of para-hydroxylation sites is 1. The molecule has 0 unspecified atom stereocenters. The van der Waals surface area contributed by atoms with E-state index in [1.165, 1.54) is 24.5 Å². The van der Waals surface area contributed by atoms with Crippen molar-refractivity contribution in [2.45, 2.75) is 19.8 Å². The average molecular weight is 445 g/mol. The van der Waals surface area contributed by atoms with E-state index in [9.17, 15) is 4.79 Å². The fourth-order valence-electron chi connectivity index (χ4n) is 2.72. The number of anilines is 1. The van der Waals surface area contributed by atoms with Crippen molar-refractivity contribution in [3.05, 3.63) is 53.4 Å². The molecule has 3 aromatic rings. The smallest absolute Gasteiger partial charge is 0.412 e. The molecule has 2 aromatic heterocycles. The Morgan fingerprint density at radius 2 is 2.13 bits per heavy atom. The number of carbonyl (C=O) groups is 1. The summed E-state index contributed by atoms with van der Waals surface area (Å²) in [5, 5.41) is 3.80. The van der Waals surface area contributed by atoms with Gasteiger partial charge in [-0.25, -0.2) is 19.7 Å². The first-order valence-electron chi connectivity index (χ1n) is 9.16. The Morgan fingerprint density at radius 3 is 2.80 bits per heavy atom. The number of thiazole rings is 1. The molecule has 0 aliphatic heterocycles. The summed E-state index contributed by atoms with van der Waals surface area (Å²) in [6.07, 6.45) is 2.50. The molecule has 1 aromatic carbocycles. The zero-order valence-corrected chi connectivity index (χ0v) is 18.4. The third-order valence-electron chi connectivity index (χ3n) is 4.04. The van der Waals surface area contributed by atoms with E-state index in [2.05, 4.69) is 35.7 Å². The fourth-order valence-corrected chi connectivity index (χ4v) is 3.92. The largest absolute Gasteiger partial charge is 0.494 e. The monoisotopic (exact) mass is 444 g/mol. The molecule has 30 heavy (non-hydrogen) atoms. The summed E-state index contributed by atoms with van der Waals surface area (Å²) >= 11 is 7.55. The number of benzene rings is 1. The van der Waals surface area contributed by atoms with Crippen LogP contribution in [0.5, 0.6) is 5.75 Å². The molecule has 0 radical (unpaired) electrons. The first-order valence-corrected chi connectivity index (χ1v) is 10.4. The SMILES string of the molecule is C=CCOC(=O)Nc1cccc(-c2nc(C(C)C)sc2-c2ccnc(Cl)n2)c1OC. The predicted octanol–water partition coefficient (Wildman–Crippen LogP) is 5.79. The van der Waals surface area contributed by atoms with Gasteiger partial charge in [-0.3, -0.25) is 5.32 Å². The van der Waals surface area contributed by atoms with Gasteiger partial charge in [-0.05, 0) is 29.8 Å². The molecule has 0 saturated carbocycles. The van der Waals surface area contributed by atoms with Crippen LogP contribution >= 0.6 is 22.9 Å². The summed E-state index contributed by atoms with van der Waals surface area (Å²) < 4.78 is 10.6. The second-order valence-electron chi connectivity index (χ2n) is 6.49. The lowest BCUT2D eigenvalue weighted by molar-refractivity contribution is 0.174. The Balaban J connectivity index is 2.12. The van der Waals surface area contributed by atoms with Crippen molar-refractivity contribution in [2.24, 2.45) is 0 Å². The average Bonchev–Trinajstić information content (AvgIpc) is 3.18. The van der Waals surface area contributed by atoms with Crippen molar-refractivity contribution in [3.63, 3.8) is 0 Å². The molecule has 3 rings (SSSR count). The number of rotatable bonds is 7. The molecule has 2 heterocycles. The van der Waals surface area contributed by atoms with Gasteiger partial charge >= 0.3 is 6.09 Å². The second-order valence-corrected chi connectivity index (χ2v) is 7.86. The van der Waals surface area contributed by atoms with Gasteiger partial charge in [0.2, 0.25) is 5.28 Å². The van der Waals surface area contributed by atoms with Crippen LogP contribution in [0.2, 0.25) is 5.28 Å². The number of amides is 1. The highest BCUT2D eigenvalue weighted by Gasteiger charge is 2.22. The molecule has 0 aliphatic carbocycles. The number of carbonyl (C=O) groups excluding carboxylic acids is 1. The van der Waals surface area contributed by atoms with Gasteiger partial charge in [0.05, 0.1) is 34.1 Å². The summed E-state index contributed by atoms with van der Waals surface area (Å²) in [5.74, 6) is 0.691. The van der Waals surface area contributed by atoms with E-state index < -0.39 is 6.09 Å². The molecule has 1 N–H and O–H groups in total. The Labute approximate surface area is 183 Å². The van der Waals surface area contributed by atoms with Gasteiger partial charge < -0.3 is 9.47 Å². The number of halogens is 1. The first kappa shape index (κ1) is 21.7. The van der Waals surface area contributed by atoms with E-state index in [0.717, 1.165) is 9.88 Å². The molecule has 0 spiro atoms. The van der Waals surface area contributed by atoms with Crippen molar-refractivity contribution >= 4 is 34.7 Å². The van der Waals surface area contributed by atoms with Gasteiger partial charge in [-0.15, -0.1) is 11.3 Å². The molecule has 9 heteroatoms. The zero-order valence-electron chi connectivity index (χ0n) is 16.8. The molecular weight excluding hydrogens is 424 g/mol. The number of ether oxygens (including phenoxy) is 2. The van der Waals surface area contributed by atoms with Crippen molar-refractivity contribution in [2.75, 3.05) is 19.0 Å². The van der Waals surface area contributed by atoms with E-state index in [4.69, 9.17) is 26.1 Å². The first-order chi connectivity index (χ1) is 14.4. The molecular formula is C21H21ClN4O3S. The van der Waals surface area contributed by atoms with Crippen molar-refractivity contribution in [1.82, 2.24) is 15.0 Å². The second kappa shape index (κ2) is 9.69. The third-order valence-corrected chi connectivity index (χ3v) is 5.60. The van der Waals surface area contributed by atoms with E-state index >= 15 is 0 Å². The maximum atomic E-state index is 12.0. The van der Waals surface area contributed by atoms with Gasteiger partial charge in [0.25, 0.3) is 0 Å². The minimum Gasteiger partial charge on any atom is -0.494 e. The van der Waals surface area contributed by atoms with Gasteiger partial charge in [-0.2, -0.15) is 0 Å². The summed E-state index contributed by atoms with van der Waals surface area (Å²) in [6.45, 7) is 7.79. The van der Waals surface area contributed by atoms with Crippen LogP contribution in [0.3, 0.4) is 0 Å². The number of aromatic nitrogens is 3. The van der Waals surface area contributed by atoms with Crippen LogP contribution in [0.4, 0.5) is 10.5 Å². The molecule has 156 valence electrons. The van der Waals surface area contributed by atoms with Gasteiger partial charge in [0.1, 0.15) is 6.61 Å². The topological polar surface area (TPSA) is 86.2 Å². The maximum absolute atomic E-state index is 12.0. The van der Waals surface area contributed by atoms with Crippen molar-refractivity contribution in [1.29, 1.82) is 0 Å². The van der Waals surface area contributed by atoms with Crippen molar-refractivity contribution < 1.29 is 14.3 Å². The standard InChI is InChI=1S/C21H21ClN4O3S/c1-5-11-29-21(27)25-14-8-6-7-13(17(14)28-4)16-18(30-19(26-16)12(2)3)15-9-10-23-20(22)24-15/h5-10,12H,1,11H2,2-4H3,(H,25,27). The lowest BCUT2D eigenvalue weighted by Gasteiger charge is -2.14. The highest BCUT2D eigenvalue weighted by atomic mass is 35.5. The molecule has 0 aliphatic rings. The van der Waals surface area contributed by atoms with E-state index in [1.54, 1.807) is 18.3 Å². The summed E-state index contributed by atoms with van der Waals surface area (Å²) in [7, 11) is 1.54. The number of methoxy groups -OCH3 is 1. The van der Waals surface area contributed by atoms with Crippen LogP contribution in [0.1, 0.15) is 24.8 Å². The highest BCUT2D eigenvalue weighted by Crippen LogP contribution is 2.44. The molecule has 0 saturated heterocycles. The normalized spacial score (nSPS) is 10.7. The van der Waals surface area contributed by atoms with Crippen LogP contribution < -0.4 is 10.1 Å². The quantitative estimate of drug-likeness (QED) is 0.366. The Bertz CT molecular complexity index is 1070. The lowest BCUT2D eigenvalue weighted by Crippen LogP contribution is -2.14. The Kier molecular flexibility index (Phi) is 7.02. The van der Waals surface area contributed by atoms with E-state index in [1.807, 2.05) is 12.1 Å². The number of hydrogen-bond acceptors (Lipinski definition) is 7. The fraction of sp³-hybridized carbons (Fsp3) is 0.238. The number of nitrogens with zero attached hydrogens (tertiary/aromatic N) is 3. The minimum absolute atomic E-state index is 0.107.